The molecule has 6 heteroatoms. The average Bonchev–Trinajstić information content (AvgIpc) is 2.96. The second-order valence-electron chi connectivity index (χ2n) is 4.10. The van der Waals surface area contributed by atoms with E-state index >= 15 is 0 Å². The number of thioether (sulfide) groups is 1. The van der Waals surface area contributed by atoms with Gasteiger partial charge < -0.3 is 5.11 Å². The van der Waals surface area contributed by atoms with Gasteiger partial charge >= 0.3 is 0 Å². The lowest BCUT2D eigenvalue weighted by atomic mass is 10.3. The molecule has 20 heavy (non-hydrogen) atoms. The SMILES string of the molecule is Oc1ccccc1SCc1nnnn1-c1ccccc1. The lowest BCUT2D eigenvalue weighted by Crippen LogP contribution is -2.01. The van der Waals surface area contributed by atoms with Crippen molar-refractivity contribution in [3.8, 4) is 11.4 Å². The fraction of sp³-hybridized carbons (Fsp3) is 0.0714. The molecule has 0 unspecified atom stereocenters. The maximum atomic E-state index is 9.75. The van der Waals surface area contributed by atoms with E-state index in [9.17, 15) is 5.11 Å². The van der Waals surface area contributed by atoms with Gasteiger partial charge in [0.2, 0.25) is 0 Å². The number of phenols is 1. The van der Waals surface area contributed by atoms with Crippen molar-refractivity contribution < 1.29 is 5.11 Å². The topological polar surface area (TPSA) is 63.8 Å². The van der Waals surface area contributed by atoms with Crippen LogP contribution in [0.4, 0.5) is 0 Å². The molecule has 0 saturated carbocycles. The standard InChI is InChI=1S/C14H12N4OS/c19-12-8-4-5-9-13(12)20-10-14-15-16-17-18(14)11-6-2-1-3-7-11/h1-9,19H,10H2. The minimum atomic E-state index is 0.274. The molecule has 0 aliphatic heterocycles. The van der Waals surface area contributed by atoms with Crippen molar-refractivity contribution in [1.29, 1.82) is 0 Å². The second kappa shape index (κ2) is 5.75. The summed E-state index contributed by atoms with van der Waals surface area (Å²) in [6, 6.07) is 17.0. The lowest BCUT2D eigenvalue weighted by Gasteiger charge is -2.05. The van der Waals surface area contributed by atoms with Crippen molar-refractivity contribution >= 4 is 11.8 Å². The van der Waals surface area contributed by atoms with Gasteiger partial charge in [-0.3, -0.25) is 0 Å². The highest BCUT2D eigenvalue weighted by molar-refractivity contribution is 7.98. The van der Waals surface area contributed by atoms with Crippen LogP contribution in [0.3, 0.4) is 0 Å². The van der Waals surface area contributed by atoms with E-state index in [0.29, 0.717) is 5.75 Å². The fourth-order valence-corrected chi connectivity index (χ4v) is 2.64. The summed E-state index contributed by atoms with van der Waals surface area (Å²) >= 11 is 1.50. The maximum absolute atomic E-state index is 9.75. The molecule has 1 N–H and O–H groups in total. The van der Waals surface area contributed by atoms with Gasteiger partial charge in [0.25, 0.3) is 0 Å². The Morgan fingerprint density at radius 3 is 2.55 bits per heavy atom. The number of hydrogen-bond donors (Lipinski definition) is 1. The number of rotatable bonds is 4. The highest BCUT2D eigenvalue weighted by Crippen LogP contribution is 2.30. The minimum Gasteiger partial charge on any atom is -0.507 e. The summed E-state index contributed by atoms with van der Waals surface area (Å²) in [5.74, 6) is 1.60. The number of phenolic OH excluding ortho intramolecular Hbond substituents is 1. The van der Waals surface area contributed by atoms with Crippen LogP contribution >= 0.6 is 11.8 Å². The Hall–Kier alpha value is -2.34. The summed E-state index contributed by atoms with van der Waals surface area (Å²) in [7, 11) is 0. The van der Waals surface area contributed by atoms with Gasteiger partial charge in [-0.05, 0) is 34.7 Å². The molecule has 0 radical (unpaired) electrons. The number of aromatic hydroxyl groups is 1. The Bertz CT molecular complexity index is 699. The molecule has 0 aliphatic carbocycles. The minimum absolute atomic E-state index is 0.274. The zero-order valence-electron chi connectivity index (χ0n) is 10.5. The molecule has 0 amide bonds. The zero-order valence-corrected chi connectivity index (χ0v) is 11.4. The van der Waals surface area contributed by atoms with Crippen LogP contribution in [0.5, 0.6) is 5.75 Å². The normalized spacial score (nSPS) is 10.6. The van der Waals surface area contributed by atoms with Crippen molar-refractivity contribution in [1.82, 2.24) is 20.2 Å². The molecule has 0 bridgehead atoms. The van der Waals surface area contributed by atoms with Crippen molar-refractivity contribution in [3.05, 3.63) is 60.4 Å². The quantitative estimate of drug-likeness (QED) is 0.746. The van der Waals surface area contributed by atoms with Crippen molar-refractivity contribution in [2.45, 2.75) is 10.6 Å². The Labute approximate surface area is 120 Å². The smallest absolute Gasteiger partial charge is 0.166 e. The van der Waals surface area contributed by atoms with Gasteiger partial charge in [0, 0.05) is 4.90 Å². The Morgan fingerprint density at radius 2 is 1.75 bits per heavy atom. The molecule has 0 spiro atoms. The third-order valence-electron chi connectivity index (χ3n) is 2.76. The van der Waals surface area contributed by atoms with E-state index < -0.39 is 0 Å². The van der Waals surface area contributed by atoms with Gasteiger partial charge in [-0.15, -0.1) is 16.9 Å². The van der Waals surface area contributed by atoms with Gasteiger partial charge in [0.05, 0.1) is 11.4 Å². The van der Waals surface area contributed by atoms with Gasteiger partial charge in [0.15, 0.2) is 5.82 Å². The predicted octanol–water partition coefficient (Wildman–Crippen LogP) is 2.66. The second-order valence-corrected chi connectivity index (χ2v) is 5.12. The van der Waals surface area contributed by atoms with Crippen LogP contribution in [0.2, 0.25) is 0 Å². The van der Waals surface area contributed by atoms with Gasteiger partial charge in [-0.25, -0.2) is 0 Å². The van der Waals surface area contributed by atoms with Crippen LogP contribution < -0.4 is 0 Å². The zero-order chi connectivity index (χ0) is 13.8. The summed E-state index contributed by atoms with van der Waals surface area (Å²) in [5, 5.41) is 21.5. The van der Waals surface area contributed by atoms with E-state index in [-0.39, 0.29) is 5.75 Å². The number of tetrazole rings is 1. The summed E-state index contributed by atoms with van der Waals surface area (Å²) < 4.78 is 1.70. The summed E-state index contributed by atoms with van der Waals surface area (Å²) in [5.41, 5.74) is 0.922. The van der Waals surface area contributed by atoms with E-state index in [1.165, 1.54) is 11.8 Å². The summed E-state index contributed by atoms with van der Waals surface area (Å²) in [6.07, 6.45) is 0. The molecule has 2 aromatic carbocycles. The average molecular weight is 284 g/mol. The number of hydrogen-bond acceptors (Lipinski definition) is 5. The molecule has 100 valence electrons. The van der Waals surface area contributed by atoms with E-state index in [1.54, 1.807) is 16.8 Å². The van der Waals surface area contributed by atoms with E-state index in [4.69, 9.17) is 0 Å². The number of nitrogens with zero attached hydrogens (tertiary/aromatic N) is 4. The Balaban J connectivity index is 1.80. The fourth-order valence-electron chi connectivity index (χ4n) is 1.79. The van der Waals surface area contributed by atoms with Gasteiger partial charge in [0.1, 0.15) is 5.75 Å². The van der Waals surface area contributed by atoms with Crippen molar-refractivity contribution in [2.24, 2.45) is 0 Å². The van der Waals surface area contributed by atoms with E-state index in [2.05, 4.69) is 15.5 Å². The number of aromatic nitrogens is 4. The Kier molecular flexibility index (Phi) is 3.64. The molecule has 1 heterocycles. The van der Waals surface area contributed by atoms with Crippen LogP contribution in [0, 0.1) is 0 Å². The first-order valence-corrected chi connectivity index (χ1v) is 7.06. The predicted molar refractivity (Wildman–Crippen MR) is 76.8 cm³/mol. The first kappa shape index (κ1) is 12.7. The first-order chi connectivity index (χ1) is 9.84. The number of para-hydroxylation sites is 2. The van der Waals surface area contributed by atoms with Gasteiger partial charge in [-0.2, -0.15) is 4.68 Å². The molecule has 3 rings (SSSR count). The summed E-state index contributed by atoms with van der Waals surface area (Å²) in [6.45, 7) is 0. The molecule has 0 saturated heterocycles. The highest BCUT2D eigenvalue weighted by Gasteiger charge is 2.09. The molecular weight excluding hydrogens is 272 g/mol. The highest BCUT2D eigenvalue weighted by atomic mass is 32.2. The van der Waals surface area contributed by atoms with Crippen LogP contribution in [-0.4, -0.2) is 25.3 Å². The van der Waals surface area contributed by atoms with Crippen LogP contribution in [-0.2, 0) is 5.75 Å². The monoisotopic (exact) mass is 284 g/mol. The lowest BCUT2D eigenvalue weighted by molar-refractivity contribution is 0.462. The number of benzene rings is 2. The first-order valence-electron chi connectivity index (χ1n) is 6.08. The Morgan fingerprint density at radius 1 is 1.00 bits per heavy atom. The van der Waals surface area contributed by atoms with Gasteiger partial charge in [-0.1, -0.05) is 30.3 Å². The van der Waals surface area contributed by atoms with Crippen LogP contribution in [0.1, 0.15) is 5.82 Å². The van der Waals surface area contributed by atoms with Crippen LogP contribution in [0.25, 0.3) is 5.69 Å². The molecule has 5 nitrogen and oxygen atoms in total. The third-order valence-corrected chi connectivity index (χ3v) is 3.82. The van der Waals surface area contributed by atoms with Crippen molar-refractivity contribution in [2.75, 3.05) is 0 Å². The van der Waals surface area contributed by atoms with E-state index in [0.717, 1.165) is 16.4 Å². The molecular formula is C14H12N4OS. The molecule has 0 fully saturated rings. The van der Waals surface area contributed by atoms with Crippen molar-refractivity contribution in [3.63, 3.8) is 0 Å². The molecule has 3 aromatic rings. The molecule has 0 atom stereocenters. The van der Waals surface area contributed by atoms with Crippen LogP contribution in [0.15, 0.2) is 59.5 Å². The largest absolute Gasteiger partial charge is 0.507 e. The molecule has 0 aliphatic rings. The molecule has 1 aromatic heterocycles. The van der Waals surface area contributed by atoms with E-state index in [1.807, 2.05) is 42.5 Å². The summed E-state index contributed by atoms with van der Waals surface area (Å²) in [4.78, 5) is 0.815. The third kappa shape index (κ3) is 2.65. The maximum Gasteiger partial charge on any atom is 0.166 e.